The molecule has 1 amide bonds. The van der Waals surface area contributed by atoms with Crippen LogP contribution in [0.4, 0.5) is 4.79 Å². The molecular weight excluding hydrogens is 257 g/mol. The number of carbonyl (C=O) groups is 1. The van der Waals surface area contributed by atoms with Crippen molar-refractivity contribution in [3.05, 3.63) is 0 Å². The third-order valence-electron chi connectivity index (χ3n) is 0.961. The number of hydrogen-bond donors (Lipinski definition) is 1. The van der Waals surface area contributed by atoms with Gasteiger partial charge in [0.05, 0.1) is 5.92 Å². The minimum absolute atomic E-state index is 0.105. The highest BCUT2D eigenvalue weighted by Gasteiger charge is 2.04. The molecule has 0 spiro atoms. The summed E-state index contributed by atoms with van der Waals surface area (Å²) < 4.78 is 5.42. The number of hydrogen-bond acceptors (Lipinski definition) is 2. The molecule has 0 aliphatic heterocycles. The van der Waals surface area contributed by atoms with Crippen LogP contribution in [0.25, 0.3) is 0 Å². The Kier molecular flexibility index (Phi) is 6.03. The van der Waals surface area contributed by atoms with Gasteiger partial charge in [-0.05, 0) is 6.92 Å². The van der Waals surface area contributed by atoms with Crippen LogP contribution in [0.15, 0.2) is 0 Å². The van der Waals surface area contributed by atoms with Gasteiger partial charge in [-0.3, -0.25) is 0 Å². The molecule has 1 unspecified atom stereocenters. The standard InChI is InChI=1S/C7H10INO2/c1-2-3-6(4-8)5-11-7(9)10/h6H,4-5H2,1H3,(H2,9,10). The van der Waals surface area contributed by atoms with Gasteiger partial charge in [-0.25, -0.2) is 4.79 Å². The topological polar surface area (TPSA) is 52.3 Å². The van der Waals surface area contributed by atoms with Gasteiger partial charge in [0.15, 0.2) is 0 Å². The van der Waals surface area contributed by atoms with Gasteiger partial charge in [-0.15, -0.1) is 5.92 Å². The summed E-state index contributed by atoms with van der Waals surface area (Å²) in [6.07, 6.45) is -0.738. The molecule has 0 bridgehead atoms. The van der Waals surface area contributed by atoms with E-state index >= 15 is 0 Å². The predicted molar refractivity (Wildman–Crippen MR) is 51.4 cm³/mol. The second-order valence-electron chi connectivity index (χ2n) is 1.88. The fourth-order valence-corrected chi connectivity index (χ4v) is 0.986. The number of amides is 1. The minimum atomic E-state index is -0.738. The maximum atomic E-state index is 10.2. The molecule has 0 saturated carbocycles. The van der Waals surface area contributed by atoms with Crippen molar-refractivity contribution < 1.29 is 9.53 Å². The molecule has 0 heterocycles. The van der Waals surface area contributed by atoms with Crippen LogP contribution in [0.2, 0.25) is 0 Å². The lowest BCUT2D eigenvalue weighted by Crippen LogP contribution is -2.18. The van der Waals surface area contributed by atoms with Gasteiger partial charge in [0, 0.05) is 4.43 Å². The molecule has 0 aromatic rings. The van der Waals surface area contributed by atoms with Gasteiger partial charge < -0.3 is 10.5 Å². The fraction of sp³-hybridized carbons (Fsp3) is 0.571. The highest BCUT2D eigenvalue weighted by molar-refractivity contribution is 14.1. The molecule has 4 heteroatoms. The Morgan fingerprint density at radius 1 is 1.82 bits per heavy atom. The van der Waals surface area contributed by atoms with Crippen LogP contribution in [-0.2, 0) is 4.74 Å². The van der Waals surface area contributed by atoms with E-state index in [1.807, 2.05) is 0 Å². The van der Waals surface area contributed by atoms with Crippen molar-refractivity contribution in [3.63, 3.8) is 0 Å². The number of alkyl halides is 1. The maximum Gasteiger partial charge on any atom is 0.404 e. The van der Waals surface area contributed by atoms with Gasteiger partial charge >= 0.3 is 6.09 Å². The zero-order chi connectivity index (χ0) is 8.69. The second-order valence-corrected chi connectivity index (χ2v) is 2.76. The van der Waals surface area contributed by atoms with E-state index in [9.17, 15) is 4.79 Å². The normalized spacial score (nSPS) is 11.1. The van der Waals surface area contributed by atoms with Crippen molar-refractivity contribution in [3.8, 4) is 11.8 Å². The molecule has 0 saturated heterocycles. The van der Waals surface area contributed by atoms with E-state index in [4.69, 9.17) is 5.73 Å². The van der Waals surface area contributed by atoms with E-state index in [1.54, 1.807) is 6.92 Å². The number of carbonyl (C=O) groups excluding carboxylic acids is 1. The van der Waals surface area contributed by atoms with Gasteiger partial charge in [0.1, 0.15) is 6.61 Å². The average molecular weight is 267 g/mol. The van der Waals surface area contributed by atoms with Crippen LogP contribution in [0.3, 0.4) is 0 Å². The van der Waals surface area contributed by atoms with Crippen LogP contribution in [-0.4, -0.2) is 17.1 Å². The van der Waals surface area contributed by atoms with Gasteiger partial charge in [-0.2, -0.15) is 0 Å². The van der Waals surface area contributed by atoms with Gasteiger partial charge in [-0.1, -0.05) is 28.5 Å². The molecule has 0 aliphatic rings. The molecule has 0 rings (SSSR count). The van der Waals surface area contributed by atoms with Crippen molar-refractivity contribution in [2.75, 3.05) is 11.0 Å². The number of halogens is 1. The summed E-state index contributed by atoms with van der Waals surface area (Å²) in [6.45, 7) is 2.04. The van der Waals surface area contributed by atoms with E-state index < -0.39 is 6.09 Å². The Bertz CT molecular complexity index is 183. The summed E-state index contributed by atoms with van der Waals surface area (Å²) in [5, 5.41) is 0. The lowest BCUT2D eigenvalue weighted by atomic mass is 10.2. The van der Waals surface area contributed by atoms with Crippen molar-refractivity contribution in [2.45, 2.75) is 6.92 Å². The Morgan fingerprint density at radius 2 is 2.45 bits per heavy atom. The predicted octanol–water partition coefficient (Wildman–Crippen LogP) is 1.16. The van der Waals surface area contributed by atoms with E-state index in [-0.39, 0.29) is 5.92 Å². The number of rotatable bonds is 3. The SMILES string of the molecule is CC#CC(CI)COC(N)=O. The van der Waals surface area contributed by atoms with Crippen LogP contribution >= 0.6 is 22.6 Å². The highest BCUT2D eigenvalue weighted by Crippen LogP contribution is 2.00. The first kappa shape index (κ1) is 10.6. The summed E-state index contributed by atoms with van der Waals surface area (Å²) in [5.41, 5.74) is 4.78. The molecule has 2 N–H and O–H groups in total. The van der Waals surface area contributed by atoms with Crippen molar-refractivity contribution >= 4 is 28.7 Å². The molecule has 0 aliphatic carbocycles. The second kappa shape index (κ2) is 6.28. The summed E-state index contributed by atoms with van der Waals surface area (Å²) in [7, 11) is 0. The summed E-state index contributed by atoms with van der Waals surface area (Å²) in [5.74, 6) is 5.76. The number of ether oxygens (including phenoxy) is 1. The van der Waals surface area contributed by atoms with E-state index in [1.165, 1.54) is 0 Å². The molecule has 3 nitrogen and oxygen atoms in total. The average Bonchev–Trinajstić information content (AvgIpc) is 1.97. The van der Waals surface area contributed by atoms with Gasteiger partial charge in [0.25, 0.3) is 0 Å². The van der Waals surface area contributed by atoms with E-state index in [0.29, 0.717) is 6.61 Å². The highest BCUT2D eigenvalue weighted by atomic mass is 127. The molecule has 0 fully saturated rings. The van der Waals surface area contributed by atoms with Crippen LogP contribution in [0.1, 0.15) is 6.92 Å². The molecule has 62 valence electrons. The first-order chi connectivity index (χ1) is 5.20. The zero-order valence-corrected chi connectivity index (χ0v) is 8.42. The van der Waals surface area contributed by atoms with Gasteiger partial charge in [0.2, 0.25) is 0 Å². The molecule has 1 atom stereocenters. The maximum absolute atomic E-state index is 10.2. The summed E-state index contributed by atoms with van der Waals surface area (Å²) >= 11 is 2.18. The van der Waals surface area contributed by atoms with Crippen molar-refractivity contribution in [1.29, 1.82) is 0 Å². The van der Waals surface area contributed by atoms with Crippen molar-refractivity contribution in [1.82, 2.24) is 0 Å². The number of primary amides is 1. The lowest BCUT2D eigenvalue weighted by molar-refractivity contribution is 0.149. The minimum Gasteiger partial charge on any atom is -0.448 e. The lowest BCUT2D eigenvalue weighted by Gasteiger charge is -2.05. The molecule has 11 heavy (non-hydrogen) atoms. The smallest absolute Gasteiger partial charge is 0.404 e. The quantitative estimate of drug-likeness (QED) is 0.474. The van der Waals surface area contributed by atoms with E-state index in [2.05, 4.69) is 39.2 Å². The Morgan fingerprint density at radius 3 is 2.82 bits per heavy atom. The van der Waals surface area contributed by atoms with Crippen LogP contribution in [0, 0.1) is 17.8 Å². The third kappa shape index (κ3) is 5.98. The Hall–Kier alpha value is -0.440. The first-order valence-corrected chi connectivity index (χ1v) is 4.63. The third-order valence-corrected chi connectivity index (χ3v) is 2.02. The molecule has 0 aromatic carbocycles. The molecular formula is C7H10INO2. The first-order valence-electron chi connectivity index (χ1n) is 3.11. The summed E-state index contributed by atoms with van der Waals surface area (Å²) in [4.78, 5) is 10.2. The molecule has 0 radical (unpaired) electrons. The Labute approximate surface area is 79.8 Å². The van der Waals surface area contributed by atoms with Crippen molar-refractivity contribution in [2.24, 2.45) is 11.7 Å². The Balaban J connectivity index is 3.66. The molecule has 0 aromatic heterocycles. The number of nitrogens with two attached hydrogens (primary N) is 1. The van der Waals surface area contributed by atoms with Crippen LogP contribution in [0.5, 0.6) is 0 Å². The summed E-state index contributed by atoms with van der Waals surface area (Å²) in [6, 6.07) is 0. The zero-order valence-electron chi connectivity index (χ0n) is 6.26. The largest absolute Gasteiger partial charge is 0.448 e. The monoisotopic (exact) mass is 267 g/mol. The van der Waals surface area contributed by atoms with E-state index in [0.717, 1.165) is 4.43 Å². The van der Waals surface area contributed by atoms with Crippen LogP contribution < -0.4 is 5.73 Å². The fourth-order valence-electron chi connectivity index (χ4n) is 0.512.